The topological polar surface area (TPSA) is 112 Å². The summed E-state index contributed by atoms with van der Waals surface area (Å²) in [5.74, 6) is -2.96. The third-order valence-electron chi connectivity index (χ3n) is 6.71. The zero-order valence-electron chi connectivity index (χ0n) is 19.3. The maximum Gasteiger partial charge on any atom is 0.248 e. The molecule has 2 N–H and O–H groups in total. The Labute approximate surface area is 197 Å². The highest BCUT2D eigenvalue weighted by molar-refractivity contribution is 5.78. The number of hydrogen-bond acceptors (Lipinski definition) is 5. The van der Waals surface area contributed by atoms with Crippen molar-refractivity contribution < 1.29 is 18.4 Å². The number of carbonyl (C=O) groups is 2. The van der Waals surface area contributed by atoms with Crippen molar-refractivity contribution in [1.29, 1.82) is 5.26 Å². The molecule has 2 amide bonds. The molecule has 2 atom stereocenters. The lowest BCUT2D eigenvalue weighted by Crippen LogP contribution is -2.37. The van der Waals surface area contributed by atoms with Gasteiger partial charge in [-0.2, -0.15) is 10.4 Å². The number of amides is 2. The van der Waals surface area contributed by atoms with E-state index >= 15 is 0 Å². The van der Waals surface area contributed by atoms with E-state index < -0.39 is 17.9 Å². The number of nitriles is 1. The Morgan fingerprint density at radius 2 is 1.85 bits per heavy atom. The molecular formula is C24H30F2N6O2. The van der Waals surface area contributed by atoms with Crippen LogP contribution in [0.3, 0.4) is 0 Å². The molecule has 0 unspecified atom stereocenters. The first-order valence-corrected chi connectivity index (χ1v) is 12.0. The second-order valence-electron chi connectivity index (χ2n) is 9.46. The van der Waals surface area contributed by atoms with Gasteiger partial charge in [0.25, 0.3) is 0 Å². The van der Waals surface area contributed by atoms with Crippen molar-refractivity contribution in [2.75, 3.05) is 0 Å². The summed E-state index contributed by atoms with van der Waals surface area (Å²) < 4.78 is 29.1. The second-order valence-corrected chi connectivity index (χ2v) is 9.46. The van der Waals surface area contributed by atoms with Crippen molar-refractivity contribution in [3.05, 3.63) is 29.7 Å². The first-order valence-electron chi connectivity index (χ1n) is 12.0. The van der Waals surface area contributed by atoms with Crippen molar-refractivity contribution in [2.24, 2.45) is 11.8 Å². The van der Waals surface area contributed by atoms with E-state index in [1.807, 2.05) is 19.1 Å². The summed E-state index contributed by atoms with van der Waals surface area (Å²) >= 11 is 0. The lowest BCUT2D eigenvalue weighted by molar-refractivity contribution is -0.122. The van der Waals surface area contributed by atoms with Crippen molar-refractivity contribution >= 4 is 17.5 Å². The highest BCUT2D eigenvalue weighted by atomic mass is 19.3. The van der Waals surface area contributed by atoms with Crippen LogP contribution in [0.15, 0.2) is 18.5 Å². The number of imidazole rings is 1. The molecule has 34 heavy (non-hydrogen) atoms. The van der Waals surface area contributed by atoms with Crippen LogP contribution in [-0.2, 0) is 9.59 Å². The Balaban J connectivity index is 1.60. The molecule has 2 aliphatic rings. The second kappa shape index (κ2) is 10.0. The van der Waals surface area contributed by atoms with Gasteiger partial charge in [0.15, 0.2) is 5.65 Å². The molecule has 2 saturated carbocycles. The molecule has 4 rings (SSSR count). The van der Waals surface area contributed by atoms with E-state index in [1.165, 1.54) is 0 Å². The van der Waals surface area contributed by atoms with Gasteiger partial charge < -0.3 is 10.6 Å². The number of aromatic nitrogens is 3. The van der Waals surface area contributed by atoms with Crippen LogP contribution in [0.25, 0.3) is 5.65 Å². The fourth-order valence-corrected chi connectivity index (χ4v) is 4.73. The third kappa shape index (κ3) is 5.69. The minimum absolute atomic E-state index is 0.0117. The molecule has 0 aliphatic heterocycles. The zero-order valence-corrected chi connectivity index (χ0v) is 19.3. The Hall–Kier alpha value is -3.09. The van der Waals surface area contributed by atoms with Crippen molar-refractivity contribution in [3.63, 3.8) is 0 Å². The molecule has 0 aromatic carbocycles. The highest BCUT2D eigenvalue weighted by Crippen LogP contribution is 2.42. The van der Waals surface area contributed by atoms with Crippen LogP contribution in [0.1, 0.15) is 88.1 Å². The Kier molecular flexibility index (Phi) is 7.10. The lowest BCUT2D eigenvalue weighted by Gasteiger charge is -2.33. The lowest BCUT2D eigenvalue weighted by atomic mass is 9.81. The molecule has 0 saturated heterocycles. The van der Waals surface area contributed by atoms with Gasteiger partial charge in [0.1, 0.15) is 6.42 Å². The predicted octanol–water partition coefficient (Wildman–Crippen LogP) is 3.99. The molecule has 2 heterocycles. The standard InChI is InChI=1S/C24H30F2N6O2/c1-2-3-20(33)30-22(15-4-5-15)17-12-19-29-18(14-32(19)28-13-17)23(31-21(34)8-11-27)16-6-9-24(25,26)10-7-16/h12-16,22-23H,2-10H2,1H3,(H,30,33)(H,31,34)/t22-,23+/m1/s1. The van der Waals surface area contributed by atoms with Crippen LogP contribution in [0.4, 0.5) is 8.78 Å². The molecule has 8 nitrogen and oxygen atoms in total. The molecule has 0 radical (unpaired) electrons. The largest absolute Gasteiger partial charge is 0.349 e. The van der Waals surface area contributed by atoms with E-state index in [-0.39, 0.29) is 50.0 Å². The quantitative estimate of drug-likeness (QED) is 0.573. The van der Waals surface area contributed by atoms with Crippen LogP contribution < -0.4 is 10.6 Å². The van der Waals surface area contributed by atoms with Gasteiger partial charge in [0.2, 0.25) is 17.7 Å². The maximum atomic E-state index is 13.7. The van der Waals surface area contributed by atoms with Gasteiger partial charge >= 0.3 is 0 Å². The van der Waals surface area contributed by atoms with E-state index in [0.29, 0.717) is 23.7 Å². The Morgan fingerprint density at radius 3 is 2.50 bits per heavy atom. The SMILES string of the molecule is CCCC(=O)N[C@@H](c1cnn2cc([C@@H](NC(=O)CC#N)C3CCC(F)(F)CC3)nc2c1)C1CC1. The minimum atomic E-state index is -2.69. The number of halogens is 2. The van der Waals surface area contributed by atoms with Gasteiger partial charge in [-0.3, -0.25) is 9.59 Å². The summed E-state index contributed by atoms with van der Waals surface area (Å²) in [6.45, 7) is 1.96. The average molecular weight is 473 g/mol. The minimum Gasteiger partial charge on any atom is -0.349 e. The summed E-state index contributed by atoms with van der Waals surface area (Å²) in [6.07, 6.45) is 6.47. The summed E-state index contributed by atoms with van der Waals surface area (Å²) in [7, 11) is 0. The van der Waals surface area contributed by atoms with Crippen molar-refractivity contribution in [1.82, 2.24) is 25.2 Å². The number of nitrogens with zero attached hydrogens (tertiary/aromatic N) is 4. The summed E-state index contributed by atoms with van der Waals surface area (Å²) in [5.41, 5.74) is 1.96. The number of hydrogen-bond donors (Lipinski definition) is 2. The van der Waals surface area contributed by atoms with E-state index in [9.17, 15) is 18.4 Å². The summed E-state index contributed by atoms with van der Waals surface area (Å²) in [4.78, 5) is 29.1. The first-order chi connectivity index (χ1) is 16.3. The fourth-order valence-electron chi connectivity index (χ4n) is 4.73. The molecule has 2 aliphatic carbocycles. The molecule has 0 spiro atoms. The maximum absolute atomic E-state index is 13.7. The van der Waals surface area contributed by atoms with Gasteiger partial charge in [0.05, 0.1) is 36.2 Å². The van der Waals surface area contributed by atoms with Crippen LogP contribution >= 0.6 is 0 Å². The Bertz CT molecular complexity index is 1080. The smallest absolute Gasteiger partial charge is 0.248 e. The Morgan fingerprint density at radius 1 is 1.18 bits per heavy atom. The molecule has 182 valence electrons. The van der Waals surface area contributed by atoms with Gasteiger partial charge in [0, 0.05) is 19.3 Å². The number of alkyl halides is 2. The van der Waals surface area contributed by atoms with Gasteiger partial charge in [-0.1, -0.05) is 6.92 Å². The van der Waals surface area contributed by atoms with Gasteiger partial charge in [-0.25, -0.2) is 18.3 Å². The number of rotatable bonds is 9. The number of fused-ring (bicyclic) bond motifs is 1. The molecular weight excluding hydrogens is 442 g/mol. The zero-order chi connectivity index (χ0) is 24.3. The van der Waals surface area contributed by atoms with Crippen LogP contribution in [0.5, 0.6) is 0 Å². The normalized spacial score (nSPS) is 19.8. The van der Waals surface area contributed by atoms with Crippen LogP contribution in [0.2, 0.25) is 0 Å². The third-order valence-corrected chi connectivity index (χ3v) is 6.71. The van der Waals surface area contributed by atoms with Gasteiger partial charge in [-0.05, 0) is 55.6 Å². The van der Waals surface area contributed by atoms with Crippen molar-refractivity contribution in [3.8, 4) is 6.07 Å². The number of nitrogens with one attached hydrogen (secondary N) is 2. The van der Waals surface area contributed by atoms with Crippen LogP contribution in [0, 0.1) is 23.2 Å². The average Bonchev–Trinajstić information content (AvgIpc) is 3.54. The molecule has 10 heteroatoms. The highest BCUT2D eigenvalue weighted by Gasteiger charge is 2.39. The molecule has 2 aromatic heterocycles. The molecule has 2 fully saturated rings. The summed E-state index contributed by atoms with van der Waals surface area (Å²) in [6, 6.07) is 3.01. The first kappa shape index (κ1) is 24.0. The van der Waals surface area contributed by atoms with Gasteiger partial charge in [-0.15, -0.1) is 0 Å². The number of carbonyl (C=O) groups excluding carboxylic acids is 2. The fraction of sp³-hybridized carbons (Fsp3) is 0.625. The van der Waals surface area contributed by atoms with Crippen LogP contribution in [-0.4, -0.2) is 32.3 Å². The molecule has 0 bridgehead atoms. The van der Waals surface area contributed by atoms with E-state index in [1.54, 1.807) is 16.9 Å². The summed E-state index contributed by atoms with van der Waals surface area (Å²) in [5, 5.41) is 19.3. The van der Waals surface area contributed by atoms with E-state index in [4.69, 9.17) is 5.26 Å². The predicted molar refractivity (Wildman–Crippen MR) is 120 cm³/mol. The van der Waals surface area contributed by atoms with E-state index in [2.05, 4.69) is 20.7 Å². The molecule has 2 aromatic rings. The monoisotopic (exact) mass is 472 g/mol. The van der Waals surface area contributed by atoms with E-state index in [0.717, 1.165) is 24.8 Å². The van der Waals surface area contributed by atoms with Crippen molar-refractivity contribution in [2.45, 2.75) is 82.7 Å².